The number of rotatable bonds is 2. The van der Waals surface area contributed by atoms with Crippen molar-refractivity contribution in [1.29, 1.82) is 0 Å². The molecular weight excluding hydrogens is 325 g/mol. The zero-order valence-corrected chi connectivity index (χ0v) is 13.6. The average molecular weight is 343 g/mol. The zero-order valence-electron chi connectivity index (χ0n) is 13.6. The van der Waals surface area contributed by atoms with E-state index in [2.05, 4.69) is 5.32 Å². The summed E-state index contributed by atoms with van der Waals surface area (Å²) in [6, 6.07) is 4.74. The second-order valence-corrected chi connectivity index (χ2v) is 6.59. The van der Waals surface area contributed by atoms with Crippen molar-refractivity contribution in [3.05, 3.63) is 47.4 Å². The van der Waals surface area contributed by atoms with Crippen molar-refractivity contribution < 1.29 is 18.8 Å². The van der Waals surface area contributed by atoms with Crippen LogP contribution in [0.25, 0.3) is 0 Å². The zero-order chi connectivity index (χ0) is 17.6. The highest BCUT2D eigenvalue weighted by molar-refractivity contribution is 6.05. The van der Waals surface area contributed by atoms with E-state index in [1.54, 1.807) is 15.9 Å². The van der Waals surface area contributed by atoms with E-state index in [1.165, 1.54) is 18.2 Å². The molecule has 1 N–H and O–H groups in total. The summed E-state index contributed by atoms with van der Waals surface area (Å²) in [5.41, 5.74) is 0.738. The Balaban J connectivity index is 1.47. The monoisotopic (exact) mass is 343 g/mol. The molecule has 7 heteroatoms. The number of amides is 3. The molecule has 2 atom stereocenters. The van der Waals surface area contributed by atoms with E-state index < -0.39 is 11.9 Å². The number of benzene rings is 1. The van der Waals surface area contributed by atoms with Crippen molar-refractivity contribution in [1.82, 2.24) is 15.1 Å². The fourth-order valence-electron chi connectivity index (χ4n) is 3.79. The van der Waals surface area contributed by atoms with Gasteiger partial charge in [-0.15, -0.1) is 0 Å². The van der Waals surface area contributed by atoms with Crippen molar-refractivity contribution in [2.45, 2.75) is 31.3 Å². The van der Waals surface area contributed by atoms with Gasteiger partial charge in [0.25, 0.3) is 11.8 Å². The number of carbonyl (C=O) groups excluding carboxylic acids is 3. The molecule has 130 valence electrons. The van der Waals surface area contributed by atoms with Crippen LogP contribution in [0, 0.1) is 5.82 Å². The average Bonchev–Trinajstić information content (AvgIpc) is 3.10. The molecule has 0 spiro atoms. The topological polar surface area (TPSA) is 69.7 Å². The van der Waals surface area contributed by atoms with Crippen molar-refractivity contribution >= 4 is 17.7 Å². The first kappa shape index (κ1) is 15.8. The van der Waals surface area contributed by atoms with Crippen molar-refractivity contribution in [3.8, 4) is 0 Å². The quantitative estimate of drug-likeness (QED) is 0.872. The first-order valence-electron chi connectivity index (χ1n) is 8.43. The van der Waals surface area contributed by atoms with Crippen LogP contribution < -0.4 is 5.32 Å². The Hall–Kier alpha value is -2.70. The largest absolute Gasteiger partial charge is 0.349 e. The van der Waals surface area contributed by atoms with Gasteiger partial charge in [-0.1, -0.05) is 12.1 Å². The summed E-state index contributed by atoms with van der Waals surface area (Å²) in [4.78, 5) is 40.6. The smallest absolute Gasteiger partial charge is 0.270 e. The third-order valence-electron chi connectivity index (χ3n) is 5.04. The van der Waals surface area contributed by atoms with Crippen LogP contribution in [-0.4, -0.2) is 52.7 Å². The second kappa shape index (κ2) is 5.98. The predicted molar refractivity (Wildman–Crippen MR) is 86.8 cm³/mol. The molecule has 0 aliphatic carbocycles. The van der Waals surface area contributed by atoms with Crippen LogP contribution in [0.5, 0.6) is 0 Å². The normalized spacial score (nSPS) is 25.4. The maximum absolute atomic E-state index is 13.3. The van der Waals surface area contributed by atoms with Gasteiger partial charge in [0.05, 0.1) is 0 Å². The number of piperazine rings is 1. The standard InChI is InChI=1S/C18H18FN3O3/c19-12-4-1-3-11(9-12)16(23)20-13-6-8-22-15(10-13)18(25)21-7-2-5-14(21)17(22)24/h1,3-5,9,13,15H,2,6-8,10H2,(H,20,23). The molecule has 4 rings (SSSR count). The highest BCUT2D eigenvalue weighted by Crippen LogP contribution is 2.31. The van der Waals surface area contributed by atoms with E-state index in [1.807, 2.05) is 6.08 Å². The SMILES string of the molecule is O=C(NC1CCN2C(=O)C3=CCCN3C(=O)C2C1)c1cccc(F)c1. The minimum atomic E-state index is -0.533. The lowest BCUT2D eigenvalue weighted by atomic mass is 9.93. The molecule has 0 radical (unpaired) electrons. The first-order chi connectivity index (χ1) is 12.0. The molecule has 3 heterocycles. The van der Waals surface area contributed by atoms with Crippen LogP contribution in [0.3, 0.4) is 0 Å². The molecule has 0 bridgehead atoms. The van der Waals surface area contributed by atoms with Gasteiger partial charge in [0.15, 0.2) is 0 Å². The van der Waals surface area contributed by atoms with E-state index in [4.69, 9.17) is 0 Å². The predicted octanol–water partition coefficient (Wildman–Crippen LogP) is 1.04. The van der Waals surface area contributed by atoms with Crippen molar-refractivity contribution in [2.24, 2.45) is 0 Å². The third-order valence-corrected chi connectivity index (χ3v) is 5.04. The number of nitrogens with zero attached hydrogens (tertiary/aromatic N) is 2. The molecule has 2 saturated heterocycles. The van der Waals surface area contributed by atoms with Gasteiger partial charge in [-0.25, -0.2) is 4.39 Å². The molecule has 1 aromatic carbocycles. The van der Waals surface area contributed by atoms with Crippen LogP contribution in [0.1, 0.15) is 29.6 Å². The molecule has 3 aliphatic rings. The second-order valence-electron chi connectivity index (χ2n) is 6.59. The lowest BCUT2D eigenvalue weighted by molar-refractivity contribution is -0.152. The molecular formula is C18H18FN3O3. The third kappa shape index (κ3) is 2.69. The van der Waals surface area contributed by atoms with E-state index in [-0.39, 0.29) is 29.3 Å². The molecule has 3 aliphatic heterocycles. The summed E-state index contributed by atoms with van der Waals surface area (Å²) in [6.07, 6.45) is 3.47. The summed E-state index contributed by atoms with van der Waals surface area (Å²) < 4.78 is 13.3. The first-order valence-corrected chi connectivity index (χ1v) is 8.43. The summed E-state index contributed by atoms with van der Waals surface area (Å²) >= 11 is 0. The van der Waals surface area contributed by atoms with Gasteiger partial charge >= 0.3 is 0 Å². The van der Waals surface area contributed by atoms with Gasteiger partial charge in [-0.05, 0) is 37.5 Å². The van der Waals surface area contributed by atoms with Gasteiger partial charge in [0.1, 0.15) is 17.6 Å². The fourth-order valence-corrected chi connectivity index (χ4v) is 3.79. The van der Waals surface area contributed by atoms with Crippen molar-refractivity contribution in [3.63, 3.8) is 0 Å². The molecule has 2 unspecified atom stereocenters. The Kier molecular flexibility index (Phi) is 3.78. The Morgan fingerprint density at radius 1 is 1.24 bits per heavy atom. The number of hydrogen-bond donors (Lipinski definition) is 1. The Bertz CT molecular complexity index is 792. The van der Waals surface area contributed by atoms with Gasteiger partial charge in [0.2, 0.25) is 5.91 Å². The highest BCUT2D eigenvalue weighted by atomic mass is 19.1. The molecule has 0 saturated carbocycles. The maximum atomic E-state index is 13.3. The van der Waals surface area contributed by atoms with Crippen LogP contribution in [0.15, 0.2) is 36.0 Å². The maximum Gasteiger partial charge on any atom is 0.270 e. The number of hydrogen-bond acceptors (Lipinski definition) is 3. The van der Waals surface area contributed by atoms with Gasteiger partial charge in [-0.3, -0.25) is 14.4 Å². The summed E-state index contributed by atoms with van der Waals surface area (Å²) in [6.45, 7) is 0.971. The number of carbonyl (C=O) groups is 3. The number of nitrogens with one attached hydrogen (secondary N) is 1. The van der Waals surface area contributed by atoms with Crippen molar-refractivity contribution in [2.75, 3.05) is 13.1 Å². The van der Waals surface area contributed by atoms with E-state index >= 15 is 0 Å². The summed E-state index contributed by atoms with van der Waals surface area (Å²) in [5, 5.41) is 2.86. The van der Waals surface area contributed by atoms with E-state index in [0.717, 1.165) is 0 Å². The van der Waals surface area contributed by atoms with Gasteiger partial charge in [-0.2, -0.15) is 0 Å². The molecule has 3 amide bonds. The molecule has 1 aromatic rings. The molecule has 0 aromatic heterocycles. The lowest BCUT2D eigenvalue weighted by Gasteiger charge is -2.44. The molecule has 2 fully saturated rings. The van der Waals surface area contributed by atoms with Gasteiger partial charge < -0.3 is 15.1 Å². The van der Waals surface area contributed by atoms with Crippen LogP contribution in [0.2, 0.25) is 0 Å². The Labute approximate surface area is 144 Å². The van der Waals surface area contributed by atoms with Crippen LogP contribution in [-0.2, 0) is 9.59 Å². The summed E-state index contributed by atoms with van der Waals surface area (Å²) in [7, 11) is 0. The Morgan fingerprint density at radius 2 is 2.08 bits per heavy atom. The highest BCUT2D eigenvalue weighted by Gasteiger charge is 2.46. The van der Waals surface area contributed by atoms with E-state index in [9.17, 15) is 18.8 Å². The lowest BCUT2D eigenvalue weighted by Crippen LogP contribution is -2.62. The minimum absolute atomic E-state index is 0.0759. The van der Waals surface area contributed by atoms with Crippen LogP contribution in [0.4, 0.5) is 4.39 Å². The van der Waals surface area contributed by atoms with Gasteiger partial charge in [0, 0.05) is 24.7 Å². The molecule has 6 nitrogen and oxygen atoms in total. The molecule has 25 heavy (non-hydrogen) atoms. The van der Waals surface area contributed by atoms with E-state index in [0.29, 0.717) is 38.0 Å². The number of piperidine rings is 1. The number of halogens is 1. The number of fused-ring (bicyclic) bond motifs is 2. The fraction of sp³-hybridized carbons (Fsp3) is 0.389. The van der Waals surface area contributed by atoms with Crippen LogP contribution >= 0.6 is 0 Å². The summed E-state index contributed by atoms with van der Waals surface area (Å²) in [5.74, 6) is -1.01. The Morgan fingerprint density at radius 3 is 2.88 bits per heavy atom. The minimum Gasteiger partial charge on any atom is -0.349 e.